The lowest BCUT2D eigenvalue weighted by Crippen LogP contribution is -2.43. The fourth-order valence-electron chi connectivity index (χ4n) is 1.74. The van der Waals surface area contributed by atoms with Gasteiger partial charge < -0.3 is 5.32 Å². The molecule has 2 atom stereocenters. The summed E-state index contributed by atoms with van der Waals surface area (Å²) in [5, 5.41) is 6.21. The molecule has 2 N–H and O–H groups in total. The highest BCUT2D eigenvalue weighted by atomic mass is 16.2. The summed E-state index contributed by atoms with van der Waals surface area (Å²) in [6.07, 6.45) is 5.65. The smallest absolute Gasteiger partial charge is 0.236 e. The van der Waals surface area contributed by atoms with E-state index in [0.717, 1.165) is 24.9 Å². The van der Waals surface area contributed by atoms with Crippen molar-refractivity contribution in [2.24, 2.45) is 0 Å². The number of hydrogen-bond donors (Lipinski definition) is 2. The van der Waals surface area contributed by atoms with Gasteiger partial charge in [0.2, 0.25) is 5.91 Å². The molecular formula is C14H23N3O. The Hall–Kier alpha value is -1.42. The minimum absolute atomic E-state index is 0.0596. The zero-order valence-corrected chi connectivity index (χ0v) is 11.4. The van der Waals surface area contributed by atoms with Crippen LogP contribution >= 0.6 is 0 Å². The Morgan fingerprint density at radius 3 is 2.61 bits per heavy atom. The third-order valence-corrected chi connectivity index (χ3v) is 2.93. The molecule has 18 heavy (non-hydrogen) atoms. The molecule has 0 aromatic carbocycles. The van der Waals surface area contributed by atoms with Crippen LogP contribution < -0.4 is 10.6 Å². The average Bonchev–Trinajstić information content (AvgIpc) is 2.39. The van der Waals surface area contributed by atoms with E-state index in [-0.39, 0.29) is 18.0 Å². The number of rotatable bonds is 7. The first kappa shape index (κ1) is 14.6. The summed E-state index contributed by atoms with van der Waals surface area (Å²) in [6.45, 7) is 6.80. The minimum atomic E-state index is -0.190. The van der Waals surface area contributed by atoms with Gasteiger partial charge in [0.15, 0.2) is 0 Å². The highest BCUT2D eigenvalue weighted by Crippen LogP contribution is 2.10. The number of nitrogens with one attached hydrogen (secondary N) is 2. The van der Waals surface area contributed by atoms with Crippen LogP contribution in [0.15, 0.2) is 24.5 Å². The van der Waals surface area contributed by atoms with Gasteiger partial charge in [0.05, 0.1) is 6.04 Å². The molecule has 0 bridgehead atoms. The Morgan fingerprint density at radius 1 is 1.33 bits per heavy atom. The Morgan fingerprint density at radius 2 is 2.00 bits per heavy atom. The van der Waals surface area contributed by atoms with Crippen molar-refractivity contribution in [2.45, 2.75) is 45.7 Å². The summed E-state index contributed by atoms with van der Waals surface area (Å²) in [5.41, 5.74) is 1.14. The van der Waals surface area contributed by atoms with Crippen LogP contribution in [0.1, 0.15) is 45.2 Å². The summed E-state index contributed by atoms with van der Waals surface area (Å²) in [7, 11) is 0. The summed E-state index contributed by atoms with van der Waals surface area (Å²) in [5.74, 6) is 0.0596. The molecule has 1 unspecified atom stereocenters. The van der Waals surface area contributed by atoms with Crippen LogP contribution in [-0.2, 0) is 4.79 Å². The first-order chi connectivity index (χ1) is 8.65. The van der Waals surface area contributed by atoms with Gasteiger partial charge in [0, 0.05) is 25.0 Å². The second-order valence-corrected chi connectivity index (χ2v) is 4.54. The van der Waals surface area contributed by atoms with Crippen molar-refractivity contribution in [2.75, 3.05) is 6.54 Å². The molecule has 1 aromatic rings. The first-order valence-corrected chi connectivity index (χ1v) is 6.58. The van der Waals surface area contributed by atoms with E-state index >= 15 is 0 Å². The van der Waals surface area contributed by atoms with E-state index < -0.39 is 0 Å². The average molecular weight is 249 g/mol. The van der Waals surface area contributed by atoms with Gasteiger partial charge in [-0.2, -0.15) is 0 Å². The number of unbranched alkanes of at least 4 members (excludes halogenated alkanes) is 1. The normalized spacial score (nSPS) is 13.9. The number of carbonyl (C=O) groups excluding carboxylic acids is 1. The molecule has 1 rings (SSSR count). The van der Waals surface area contributed by atoms with Crippen molar-refractivity contribution in [1.82, 2.24) is 15.6 Å². The standard InChI is InChI=1S/C14H23N3O/c1-4-5-8-16-14(18)12(3)17-11(2)13-6-9-15-10-7-13/h6-7,9-12,17H,4-5,8H2,1-3H3,(H,16,18)/t11-,12?/m0/s1. The molecule has 0 radical (unpaired) electrons. The molecule has 0 aliphatic carbocycles. The zero-order valence-electron chi connectivity index (χ0n) is 11.4. The quantitative estimate of drug-likeness (QED) is 0.727. The Kier molecular flexibility index (Phi) is 6.36. The molecule has 0 saturated heterocycles. The van der Waals surface area contributed by atoms with Crippen LogP contribution in [0.5, 0.6) is 0 Å². The molecule has 1 aromatic heterocycles. The summed E-state index contributed by atoms with van der Waals surface area (Å²) < 4.78 is 0. The molecule has 1 heterocycles. The van der Waals surface area contributed by atoms with Crippen LogP contribution in [0.25, 0.3) is 0 Å². The monoisotopic (exact) mass is 249 g/mol. The van der Waals surface area contributed by atoms with E-state index in [1.807, 2.05) is 26.0 Å². The van der Waals surface area contributed by atoms with Gasteiger partial charge in [-0.05, 0) is 38.0 Å². The van der Waals surface area contributed by atoms with E-state index in [2.05, 4.69) is 22.5 Å². The number of nitrogens with zero attached hydrogens (tertiary/aromatic N) is 1. The second kappa shape index (κ2) is 7.82. The third kappa shape index (κ3) is 4.84. The topological polar surface area (TPSA) is 54.0 Å². The van der Waals surface area contributed by atoms with Crippen LogP contribution in [0.4, 0.5) is 0 Å². The lowest BCUT2D eigenvalue weighted by atomic mass is 10.1. The van der Waals surface area contributed by atoms with Gasteiger partial charge in [0.1, 0.15) is 0 Å². The summed E-state index contributed by atoms with van der Waals surface area (Å²) in [4.78, 5) is 15.8. The maximum atomic E-state index is 11.8. The third-order valence-electron chi connectivity index (χ3n) is 2.93. The van der Waals surface area contributed by atoms with Gasteiger partial charge >= 0.3 is 0 Å². The lowest BCUT2D eigenvalue weighted by Gasteiger charge is -2.19. The number of amides is 1. The predicted molar refractivity (Wildman–Crippen MR) is 73.2 cm³/mol. The molecule has 4 nitrogen and oxygen atoms in total. The number of carbonyl (C=O) groups is 1. The van der Waals surface area contributed by atoms with Crippen LogP contribution in [0.3, 0.4) is 0 Å². The van der Waals surface area contributed by atoms with Crippen LogP contribution in [-0.4, -0.2) is 23.5 Å². The SMILES string of the molecule is CCCCNC(=O)C(C)N[C@@H](C)c1ccncc1. The minimum Gasteiger partial charge on any atom is -0.355 e. The predicted octanol–water partition coefficient (Wildman–Crippen LogP) is 2.04. The van der Waals surface area contributed by atoms with E-state index in [1.165, 1.54) is 0 Å². The zero-order chi connectivity index (χ0) is 13.4. The number of pyridine rings is 1. The van der Waals surface area contributed by atoms with E-state index in [0.29, 0.717) is 0 Å². The van der Waals surface area contributed by atoms with Gasteiger partial charge in [-0.3, -0.25) is 15.1 Å². The van der Waals surface area contributed by atoms with Crippen molar-refractivity contribution in [3.63, 3.8) is 0 Å². The molecule has 4 heteroatoms. The molecule has 0 saturated carbocycles. The highest BCUT2D eigenvalue weighted by Gasteiger charge is 2.15. The first-order valence-electron chi connectivity index (χ1n) is 6.58. The Balaban J connectivity index is 2.39. The molecule has 0 fully saturated rings. The fraction of sp³-hybridized carbons (Fsp3) is 0.571. The van der Waals surface area contributed by atoms with Gasteiger partial charge in [0.25, 0.3) is 0 Å². The largest absolute Gasteiger partial charge is 0.355 e. The number of hydrogen-bond acceptors (Lipinski definition) is 3. The molecule has 1 amide bonds. The Labute approximate surface area is 109 Å². The van der Waals surface area contributed by atoms with Gasteiger partial charge in [-0.1, -0.05) is 13.3 Å². The van der Waals surface area contributed by atoms with Gasteiger partial charge in [-0.15, -0.1) is 0 Å². The summed E-state index contributed by atoms with van der Waals surface area (Å²) in [6, 6.07) is 3.86. The molecule has 100 valence electrons. The second-order valence-electron chi connectivity index (χ2n) is 4.54. The Bertz CT molecular complexity index is 353. The number of aromatic nitrogens is 1. The molecular weight excluding hydrogens is 226 g/mol. The van der Waals surface area contributed by atoms with E-state index in [9.17, 15) is 4.79 Å². The molecule has 0 spiro atoms. The highest BCUT2D eigenvalue weighted by molar-refractivity contribution is 5.81. The van der Waals surface area contributed by atoms with Crippen LogP contribution in [0, 0.1) is 0 Å². The maximum Gasteiger partial charge on any atom is 0.236 e. The maximum absolute atomic E-state index is 11.8. The van der Waals surface area contributed by atoms with E-state index in [4.69, 9.17) is 0 Å². The molecule has 0 aliphatic rings. The van der Waals surface area contributed by atoms with Crippen molar-refractivity contribution < 1.29 is 4.79 Å². The fourth-order valence-corrected chi connectivity index (χ4v) is 1.74. The molecule has 0 aliphatic heterocycles. The van der Waals surface area contributed by atoms with Crippen molar-refractivity contribution in [3.05, 3.63) is 30.1 Å². The van der Waals surface area contributed by atoms with Crippen molar-refractivity contribution in [3.8, 4) is 0 Å². The van der Waals surface area contributed by atoms with Crippen LogP contribution in [0.2, 0.25) is 0 Å². The van der Waals surface area contributed by atoms with Gasteiger partial charge in [-0.25, -0.2) is 0 Å². The van der Waals surface area contributed by atoms with E-state index in [1.54, 1.807) is 12.4 Å². The lowest BCUT2D eigenvalue weighted by molar-refractivity contribution is -0.122. The van der Waals surface area contributed by atoms with Crippen molar-refractivity contribution in [1.29, 1.82) is 0 Å². The van der Waals surface area contributed by atoms with Crippen molar-refractivity contribution >= 4 is 5.91 Å². The summed E-state index contributed by atoms with van der Waals surface area (Å²) >= 11 is 0.